The highest BCUT2D eigenvalue weighted by atomic mass is 35.5. The van der Waals surface area contributed by atoms with Crippen molar-refractivity contribution >= 4 is 40.6 Å². The summed E-state index contributed by atoms with van der Waals surface area (Å²) in [6, 6.07) is 0. The summed E-state index contributed by atoms with van der Waals surface area (Å²) in [5, 5.41) is 0. The maximum atomic E-state index is 11.0. The largest absolute Gasteiger partial charge is 0.299 e. The molecule has 0 unspecified atom stereocenters. The summed E-state index contributed by atoms with van der Waals surface area (Å²) in [4.78, 5) is 31.2. The molecule has 0 aliphatic heterocycles. The highest BCUT2D eigenvalue weighted by Gasteiger charge is 2.31. The maximum Gasteiger partial charge on any atom is 0.183 e. The summed E-state index contributed by atoms with van der Waals surface area (Å²) in [6.45, 7) is 2.31. The van der Waals surface area contributed by atoms with Gasteiger partial charge in [-0.1, -0.05) is 23.2 Å². The minimum absolute atomic E-state index is 0.529. The molecule has 0 saturated heterocycles. The minimum atomic E-state index is -1.32. The molecule has 0 amide bonds. The molecular weight excluding hydrogens is 203 g/mol. The van der Waals surface area contributed by atoms with Crippen molar-refractivity contribution in [2.24, 2.45) is 5.92 Å². The third-order valence-electron chi connectivity index (χ3n) is 1.31. The summed E-state index contributed by atoms with van der Waals surface area (Å²) in [5.41, 5.74) is 0. The lowest BCUT2D eigenvalue weighted by Crippen LogP contribution is -2.32. The van der Waals surface area contributed by atoms with Gasteiger partial charge in [0.2, 0.25) is 0 Å². The fourth-order valence-corrected chi connectivity index (χ4v) is 1.06. The average molecular weight is 211 g/mol. The van der Waals surface area contributed by atoms with Gasteiger partial charge >= 0.3 is 0 Å². The fraction of sp³-hybridized carbons (Fsp3) is 0.571. The Bertz CT molecular complexity index is 209. The second kappa shape index (κ2) is 4.58. The highest BCUT2D eigenvalue weighted by Crippen LogP contribution is 2.12. The molecule has 0 radical (unpaired) electrons. The van der Waals surface area contributed by atoms with E-state index in [9.17, 15) is 14.4 Å². The number of halogens is 2. The van der Waals surface area contributed by atoms with Crippen LogP contribution in [0.15, 0.2) is 0 Å². The Morgan fingerprint density at radius 3 is 1.42 bits per heavy atom. The molecule has 0 aliphatic carbocycles. The molecule has 3 nitrogen and oxygen atoms in total. The van der Waals surface area contributed by atoms with Crippen LogP contribution in [0.3, 0.4) is 0 Å². The molecule has 68 valence electrons. The molecule has 0 aromatic rings. The molecule has 5 heteroatoms. The first-order chi connectivity index (χ1) is 5.37. The summed E-state index contributed by atoms with van der Waals surface area (Å²) in [6.07, 6.45) is 0. The lowest BCUT2D eigenvalue weighted by Gasteiger charge is -2.08. The second-order valence-electron chi connectivity index (χ2n) is 2.36. The van der Waals surface area contributed by atoms with E-state index in [-0.39, 0.29) is 0 Å². The molecule has 0 aliphatic rings. The molecule has 0 heterocycles. The summed E-state index contributed by atoms with van der Waals surface area (Å²) >= 11 is 10.4. The van der Waals surface area contributed by atoms with Gasteiger partial charge in [-0.05, 0) is 13.8 Å². The Morgan fingerprint density at radius 1 is 1.00 bits per heavy atom. The zero-order chi connectivity index (χ0) is 9.89. The van der Waals surface area contributed by atoms with Crippen LogP contribution < -0.4 is 0 Å². The zero-order valence-electron chi connectivity index (χ0n) is 6.64. The molecule has 0 atom stereocenters. The van der Waals surface area contributed by atoms with E-state index in [1.165, 1.54) is 0 Å². The smallest absolute Gasteiger partial charge is 0.183 e. The standard InChI is InChI=1S/C7H8Cl2O3/c1-3(10)5(4(2)11)6(12)7(8)9/h5,7H,1-2H3. The van der Waals surface area contributed by atoms with Crippen LogP contribution in [0, 0.1) is 5.92 Å². The third-order valence-corrected chi connectivity index (χ3v) is 1.74. The Kier molecular flexibility index (Phi) is 4.42. The molecule has 0 saturated carbocycles. The predicted octanol–water partition coefficient (Wildman–Crippen LogP) is 1.15. The van der Waals surface area contributed by atoms with Gasteiger partial charge in [0.1, 0.15) is 17.5 Å². The van der Waals surface area contributed by atoms with E-state index < -0.39 is 28.1 Å². The molecule has 12 heavy (non-hydrogen) atoms. The topological polar surface area (TPSA) is 51.2 Å². The number of carbonyl (C=O) groups excluding carboxylic acids is 3. The van der Waals surface area contributed by atoms with Crippen LogP contribution in [-0.2, 0) is 14.4 Å². The van der Waals surface area contributed by atoms with Crippen LogP contribution >= 0.6 is 23.2 Å². The van der Waals surface area contributed by atoms with Gasteiger partial charge in [-0.2, -0.15) is 0 Å². The van der Waals surface area contributed by atoms with E-state index in [0.29, 0.717) is 0 Å². The SMILES string of the molecule is CC(=O)C(C(C)=O)C(=O)C(Cl)Cl. The summed E-state index contributed by atoms with van der Waals surface area (Å²) in [5.74, 6) is -3.11. The average Bonchev–Trinajstić information content (AvgIpc) is 1.85. The molecule has 0 N–H and O–H groups in total. The van der Waals surface area contributed by atoms with Gasteiger partial charge in [-0.3, -0.25) is 14.4 Å². The molecule has 0 aromatic heterocycles. The van der Waals surface area contributed by atoms with E-state index in [1.54, 1.807) is 0 Å². The van der Waals surface area contributed by atoms with Crippen LogP contribution in [-0.4, -0.2) is 22.2 Å². The number of rotatable bonds is 4. The number of hydrogen-bond donors (Lipinski definition) is 0. The van der Waals surface area contributed by atoms with Crippen LogP contribution in [0.4, 0.5) is 0 Å². The quantitative estimate of drug-likeness (QED) is 0.517. The van der Waals surface area contributed by atoms with E-state index >= 15 is 0 Å². The Hall–Kier alpha value is -0.410. The summed E-state index contributed by atoms with van der Waals surface area (Å²) in [7, 11) is 0. The summed E-state index contributed by atoms with van der Waals surface area (Å²) < 4.78 is 0. The van der Waals surface area contributed by atoms with Crippen LogP contribution in [0.25, 0.3) is 0 Å². The van der Waals surface area contributed by atoms with Crippen molar-refractivity contribution in [3.05, 3.63) is 0 Å². The third kappa shape index (κ3) is 2.91. The van der Waals surface area contributed by atoms with E-state index in [2.05, 4.69) is 0 Å². The van der Waals surface area contributed by atoms with Gasteiger partial charge in [0, 0.05) is 0 Å². The highest BCUT2D eigenvalue weighted by molar-refractivity contribution is 6.55. The Balaban J connectivity index is 4.64. The van der Waals surface area contributed by atoms with Crippen molar-refractivity contribution in [2.75, 3.05) is 0 Å². The number of hydrogen-bond acceptors (Lipinski definition) is 3. The zero-order valence-corrected chi connectivity index (χ0v) is 8.15. The van der Waals surface area contributed by atoms with Crippen molar-refractivity contribution in [3.63, 3.8) is 0 Å². The normalized spacial score (nSPS) is 10.5. The number of carbonyl (C=O) groups is 3. The van der Waals surface area contributed by atoms with Crippen molar-refractivity contribution in [1.29, 1.82) is 0 Å². The first kappa shape index (κ1) is 11.6. The molecule has 0 bridgehead atoms. The first-order valence-electron chi connectivity index (χ1n) is 3.20. The molecule has 0 aromatic carbocycles. The number of Topliss-reactive ketones (excluding diaryl/α,β-unsaturated/α-hetero) is 3. The van der Waals surface area contributed by atoms with Gasteiger partial charge in [-0.25, -0.2) is 0 Å². The van der Waals surface area contributed by atoms with Gasteiger partial charge in [0.15, 0.2) is 10.6 Å². The molecule has 0 spiro atoms. The van der Waals surface area contributed by atoms with Crippen LogP contribution in [0.1, 0.15) is 13.8 Å². The predicted molar refractivity (Wildman–Crippen MR) is 45.4 cm³/mol. The van der Waals surface area contributed by atoms with E-state index in [4.69, 9.17) is 23.2 Å². The maximum absolute atomic E-state index is 11.0. The minimum Gasteiger partial charge on any atom is -0.299 e. The van der Waals surface area contributed by atoms with Crippen LogP contribution in [0.2, 0.25) is 0 Å². The first-order valence-corrected chi connectivity index (χ1v) is 4.08. The van der Waals surface area contributed by atoms with E-state index in [1.807, 2.05) is 0 Å². The Morgan fingerprint density at radius 2 is 1.33 bits per heavy atom. The van der Waals surface area contributed by atoms with Crippen molar-refractivity contribution in [1.82, 2.24) is 0 Å². The van der Waals surface area contributed by atoms with E-state index in [0.717, 1.165) is 13.8 Å². The molecule has 0 rings (SSSR count). The van der Waals surface area contributed by atoms with Crippen molar-refractivity contribution in [3.8, 4) is 0 Å². The monoisotopic (exact) mass is 210 g/mol. The van der Waals surface area contributed by atoms with Gasteiger partial charge in [0.05, 0.1) is 0 Å². The van der Waals surface area contributed by atoms with Gasteiger partial charge < -0.3 is 0 Å². The van der Waals surface area contributed by atoms with Crippen molar-refractivity contribution in [2.45, 2.75) is 18.7 Å². The molecule has 0 fully saturated rings. The fourth-order valence-electron chi connectivity index (χ4n) is 0.813. The Labute approximate surface area is 80.0 Å². The van der Waals surface area contributed by atoms with Gasteiger partial charge in [-0.15, -0.1) is 0 Å². The van der Waals surface area contributed by atoms with Crippen molar-refractivity contribution < 1.29 is 14.4 Å². The number of ketones is 3. The lowest BCUT2D eigenvalue weighted by atomic mass is 9.97. The molecular formula is C7H8Cl2O3. The second-order valence-corrected chi connectivity index (χ2v) is 3.45. The number of alkyl halides is 2. The van der Waals surface area contributed by atoms with Crippen LogP contribution in [0.5, 0.6) is 0 Å². The van der Waals surface area contributed by atoms with Gasteiger partial charge in [0.25, 0.3) is 0 Å². The lowest BCUT2D eigenvalue weighted by molar-refractivity contribution is -0.137.